The Kier molecular flexibility index (Phi) is 5.81. The number of nitrogens with zero attached hydrogens (tertiary/aromatic N) is 1. The predicted molar refractivity (Wildman–Crippen MR) is 122 cm³/mol. The molecule has 0 spiro atoms. The van der Waals surface area contributed by atoms with Crippen molar-refractivity contribution in [2.45, 2.75) is 28.5 Å². The van der Waals surface area contributed by atoms with Crippen LogP contribution in [0.5, 0.6) is 0 Å². The molecular weight excluding hydrogens is 448 g/mol. The molecule has 32 heavy (non-hydrogen) atoms. The molecule has 0 saturated carbocycles. The Bertz CT molecular complexity index is 1310. The minimum atomic E-state index is -4.01. The van der Waals surface area contributed by atoms with Gasteiger partial charge in [0.25, 0.3) is 5.91 Å². The van der Waals surface area contributed by atoms with Gasteiger partial charge in [0.2, 0.25) is 10.0 Å². The number of anilines is 2. The molecular formula is C23H20N2O5S2. The Morgan fingerprint density at radius 2 is 1.53 bits per heavy atom. The SMILES string of the molecule is Cc1cc(C(=O)OCC(=O)N2c3ccccc3Sc3ccccc32)cc(S(N)(=O)=O)c1C. The number of carbonyl (C=O) groups excluding carboxylic acids is 2. The number of benzene rings is 3. The minimum absolute atomic E-state index is 0.0138. The number of ether oxygens (including phenoxy) is 1. The maximum absolute atomic E-state index is 13.1. The average Bonchev–Trinajstić information content (AvgIpc) is 2.76. The lowest BCUT2D eigenvalue weighted by atomic mass is 10.1. The van der Waals surface area contributed by atoms with Crippen LogP contribution in [-0.2, 0) is 19.6 Å². The van der Waals surface area contributed by atoms with E-state index in [9.17, 15) is 18.0 Å². The molecule has 3 aromatic rings. The second kappa shape index (κ2) is 8.42. The van der Waals surface area contributed by atoms with E-state index in [0.29, 0.717) is 22.5 Å². The zero-order valence-electron chi connectivity index (χ0n) is 17.4. The van der Waals surface area contributed by atoms with Crippen molar-refractivity contribution in [2.24, 2.45) is 5.14 Å². The first-order valence-electron chi connectivity index (χ1n) is 9.67. The van der Waals surface area contributed by atoms with Crippen LogP contribution < -0.4 is 10.0 Å². The van der Waals surface area contributed by atoms with Gasteiger partial charge in [-0.1, -0.05) is 36.0 Å². The van der Waals surface area contributed by atoms with Crippen LogP contribution in [0, 0.1) is 13.8 Å². The van der Waals surface area contributed by atoms with Gasteiger partial charge in [0.15, 0.2) is 6.61 Å². The lowest BCUT2D eigenvalue weighted by Gasteiger charge is -2.30. The molecule has 2 N–H and O–H groups in total. The summed E-state index contributed by atoms with van der Waals surface area (Å²) in [7, 11) is -4.01. The van der Waals surface area contributed by atoms with Crippen LogP contribution in [0.3, 0.4) is 0 Å². The molecule has 9 heteroatoms. The van der Waals surface area contributed by atoms with Crippen LogP contribution in [0.1, 0.15) is 21.5 Å². The van der Waals surface area contributed by atoms with Crippen molar-refractivity contribution in [1.82, 2.24) is 0 Å². The molecule has 4 rings (SSSR count). The van der Waals surface area contributed by atoms with Gasteiger partial charge in [-0.25, -0.2) is 18.4 Å². The maximum Gasteiger partial charge on any atom is 0.338 e. The lowest BCUT2D eigenvalue weighted by Crippen LogP contribution is -2.32. The predicted octanol–water partition coefficient (Wildman–Crippen LogP) is 3.94. The van der Waals surface area contributed by atoms with Crippen LogP contribution >= 0.6 is 11.8 Å². The summed E-state index contributed by atoms with van der Waals surface area (Å²) in [5.41, 5.74) is 2.46. The molecule has 164 valence electrons. The van der Waals surface area contributed by atoms with Crippen molar-refractivity contribution in [2.75, 3.05) is 11.5 Å². The molecule has 0 aliphatic carbocycles. The highest BCUT2D eigenvalue weighted by atomic mass is 32.2. The minimum Gasteiger partial charge on any atom is -0.452 e. The standard InChI is InChI=1S/C23H20N2O5S2/c1-14-11-16(12-21(15(14)2)32(24,28)29)23(27)30-13-22(26)25-17-7-3-5-9-19(17)31-20-10-6-4-8-18(20)25/h3-12H,13H2,1-2H3,(H2,24,28,29). The molecule has 0 saturated heterocycles. The van der Waals surface area contributed by atoms with E-state index in [1.807, 2.05) is 48.5 Å². The first kappa shape index (κ1) is 22.1. The summed E-state index contributed by atoms with van der Waals surface area (Å²) in [5, 5.41) is 5.26. The van der Waals surface area contributed by atoms with Gasteiger partial charge < -0.3 is 4.74 Å². The number of esters is 1. The van der Waals surface area contributed by atoms with Gasteiger partial charge in [-0.3, -0.25) is 9.69 Å². The fraction of sp³-hybridized carbons (Fsp3) is 0.130. The van der Waals surface area contributed by atoms with E-state index in [0.717, 1.165) is 9.79 Å². The Morgan fingerprint density at radius 1 is 0.969 bits per heavy atom. The molecule has 7 nitrogen and oxygen atoms in total. The quantitative estimate of drug-likeness (QED) is 0.582. The summed E-state index contributed by atoms with van der Waals surface area (Å²) < 4.78 is 29.0. The number of para-hydroxylation sites is 2. The van der Waals surface area contributed by atoms with Gasteiger partial charge in [-0.2, -0.15) is 0 Å². The number of rotatable bonds is 4. The number of carbonyl (C=O) groups is 2. The molecule has 0 unspecified atom stereocenters. The number of hydrogen-bond donors (Lipinski definition) is 1. The molecule has 1 heterocycles. The molecule has 1 amide bonds. The highest BCUT2D eigenvalue weighted by Gasteiger charge is 2.28. The van der Waals surface area contributed by atoms with Crippen molar-refractivity contribution in [1.29, 1.82) is 0 Å². The Morgan fingerprint density at radius 3 is 2.09 bits per heavy atom. The second-order valence-electron chi connectivity index (χ2n) is 7.30. The fourth-order valence-electron chi connectivity index (χ4n) is 3.49. The highest BCUT2D eigenvalue weighted by molar-refractivity contribution is 7.99. The van der Waals surface area contributed by atoms with Gasteiger partial charge in [-0.15, -0.1) is 0 Å². The average molecular weight is 469 g/mol. The highest BCUT2D eigenvalue weighted by Crippen LogP contribution is 2.47. The monoisotopic (exact) mass is 468 g/mol. The first-order chi connectivity index (χ1) is 15.2. The Hall–Kier alpha value is -3.14. The van der Waals surface area contributed by atoms with Crippen molar-refractivity contribution in [3.05, 3.63) is 77.4 Å². The first-order valence-corrected chi connectivity index (χ1v) is 12.0. The van der Waals surface area contributed by atoms with Crippen LogP contribution in [0.2, 0.25) is 0 Å². The number of nitrogens with two attached hydrogens (primary N) is 1. The molecule has 0 bridgehead atoms. The summed E-state index contributed by atoms with van der Waals surface area (Å²) in [6, 6.07) is 17.7. The molecule has 0 aromatic heterocycles. The molecule has 0 atom stereocenters. The van der Waals surface area contributed by atoms with Crippen molar-refractivity contribution in [3.63, 3.8) is 0 Å². The van der Waals surface area contributed by atoms with E-state index < -0.39 is 28.5 Å². The smallest absolute Gasteiger partial charge is 0.338 e. The van der Waals surface area contributed by atoms with Gasteiger partial charge in [0.05, 0.1) is 21.8 Å². The van der Waals surface area contributed by atoms with Crippen molar-refractivity contribution >= 4 is 45.0 Å². The normalized spacial score (nSPS) is 12.7. The van der Waals surface area contributed by atoms with Crippen molar-refractivity contribution in [3.8, 4) is 0 Å². The van der Waals surface area contributed by atoms with Crippen LogP contribution in [0.4, 0.5) is 11.4 Å². The molecule has 3 aromatic carbocycles. The zero-order valence-corrected chi connectivity index (χ0v) is 19.0. The Labute approximate surface area is 190 Å². The number of aryl methyl sites for hydroxylation is 1. The summed E-state index contributed by atoms with van der Waals surface area (Å²) >= 11 is 1.56. The maximum atomic E-state index is 13.1. The van der Waals surface area contributed by atoms with Crippen LogP contribution in [0.15, 0.2) is 75.4 Å². The molecule has 1 aliphatic rings. The van der Waals surface area contributed by atoms with Crippen molar-refractivity contribution < 1.29 is 22.7 Å². The van der Waals surface area contributed by atoms with Gasteiger partial charge in [0.1, 0.15) is 0 Å². The van der Waals surface area contributed by atoms with E-state index >= 15 is 0 Å². The third-order valence-electron chi connectivity index (χ3n) is 5.17. The van der Waals surface area contributed by atoms with Crippen LogP contribution in [-0.4, -0.2) is 26.9 Å². The van der Waals surface area contributed by atoms with Gasteiger partial charge in [0, 0.05) is 9.79 Å². The van der Waals surface area contributed by atoms with Crippen LogP contribution in [0.25, 0.3) is 0 Å². The third kappa shape index (κ3) is 4.14. The summed E-state index contributed by atoms with van der Waals surface area (Å²) in [6.07, 6.45) is 0. The summed E-state index contributed by atoms with van der Waals surface area (Å²) in [4.78, 5) is 29.0. The van der Waals surface area contributed by atoms with Gasteiger partial charge in [-0.05, 0) is 61.4 Å². The summed E-state index contributed by atoms with van der Waals surface area (Å²) in [5.74, 6) is -1.23. The number of sulfonamides is 1. The lowest BCUT2D eigenvalue weighted by molar-refractivity contribution is -0.121. The Balaban J connectivity index is 1.59. The van der Waals surface area contributed by atoms with Gasteiger partial charge >= 0.3 is 5.97 Å². The molecule has 0 radical (unpaired) electrons. The van der Waals surface area contributed by atoms with E-state index in [1.54, 1.807) is 25.6 Å². The zero-order chi connectivity index (χ0) is 23.0. The second-order valence-corrected chi connectivity index (χ2v) is 9.92. The third-order valence-corrected chi connectivity index (χ3v) is 7.34. The number of primary sulfonamides is 1. The summed E-state index contributed by atoms with van der Waals surface area (Å²) in [6.45, 7) is 2.77. The van der Waals surface area contributed by atoms with E-state index in [1.165, 1.54) is 17.0 Å². The van der Waals surface area contributed by atoms with E-state index in [-0.39, 0.29) is 10.5 Å². The molecule has 1 aliphatic heterocycles. The van der Waals surface area contributed by atoms with E-state index in [4.69, 9.17) is 9.88 Å². The topological polar surface area (TPSA) is 107 Å². The number of fused-ring (bicyclic) bond motifs is 2. The van der Waals surface area contributed by atoms with E-state index in [2.05, 4.69) is 0 Å². The fourth-order valence-corrected chi connectivity index (χ4v) is 5.43. The largest absolute Gasteiger partial charge is 0.452 e. The number of hydrogen-bond acceptors (Lipinski definition) is 6. The molecule has 0 fully saturated rings. The number of amides is 1.